The fraction of sp³-hybridized carbons (Fsp3) is 1.00. The van der Waals surface area contributed by atoms with Crippen molar-refractivity contribution in [3.8, 4) is 0 Å². The van der Waals surface area contributed by atoms with Gasteiger partial charge in [0.1, 0.15) is 0 Å². The molecule has 0 rings (SSSR count). The fourth-order valence-electron chi connectivity index (χ4n) is 2.54. The van der Waals surface area contributed by atoms with E-state index in [1.54, 1.807) is 0 Å². The molecule has 0 fully saturated rings. The van der Waals surface area contributed by atoms with Crippen molar-refractivity contribution in [2.75, 3.05) is 6.61 Å². The van der Waals surface area contributed by atoms with Crippen LogP contribution in [0.15, 0.2) is 0 Å². The molecule has 6 heteroatoms. The number of hydrogen-bond acceptors (Lipinski definition) is 3. The van der Waals surface area contributed by atoms with Gasteiger partial charge in [-0.1, -0.05) is 52.6 Å². The molecule has 0 amide bonds. The average Bonchev–Trinajstić information content (AvgIpc) is 2.11. The number of rotatable bonds is 9. The third kappa shape index (κ3) is 6.53. The minimum atomic E-state index is -2.16. The van der Waals surface area contributed by atoms with Crippen molar-refractivity contribution in [2.45, 2.75) is 83.5 Å². The first-order valence-electron chi connectivity index (χ1n) is 7.91. The third-order valence-electron chi connectivity index (χ3n) is 3.61. The fourth-order valence-corrected chi connectivity index (χ4v) is 12.6. The highest BCUT2D eigenvalue weighted by Crippen LogP contribution is 2.33. The number of nitrogens with two attached hydrogens (primary N) is 1. The van der Waals surface area contributed by atoms with Crippen LogP contribution < -0.4 is 5.73 Å². The Hall–Kier alpha value is 0.531. The molecule has 122 valence electrons. The smallest absolute Gasteiger partial charge is 0.336 e. The standard InChI is InChI=1S/C14H37NO2Si3/c1-10-12-20(9,16-11-2)17-14(15,19(6,7)8)13-18(3,4)5/h10-13,15H2,1-9H3. The van der Waals surface area contributed by atoms with Gasteiger partial charge in [-0.3, -0.25) is 0 Å². The van der Waals surface area contributed by atoms with E-state index in [0.717, 1.165) is 25.1 Å². The highest BCUT2D eigenvalue weighted by atomic mass is 28.4. The van der Waals surface area contributed by atoms with Gasteiger partial charge in [0.05, 0.1) is 13.4 Å². The second kappa shape index (κ2) is 7.19. The SMILES string of the molecule is CCC[Si](C)(OCC)OC(N)(C[Si](C)(C)C)[Si](C)(C)C. The van der Waals surface area contributed by atoms with Crippen LogP contribution in [-0.2, 0) is 8.85 Å². The zero-order chi connectivity index (χ0) is 16.2. The molecule has 2 unspecified atom stereocenters. The maximum Gasteiger partial charge on any atom is 0.336 e. The maximum atomic E-state index is 6.84. The van der Waals surface area contributed by atoms with Gasteiger partial charge >= 0.3 is 8.56 Å². The van der Waals surface area contributed by atoms with E-state index in [4.69, 9.17) is 14.6 Å². The maximum absolute atomic E-state index is 6.84. The Bertz CT molecular complexity index is 294. The van der Waals surface area contributed by atoms with Gasteiger partial charge in [-0.2, -0.15) is 0 Å². The first-order chi connectivity index (χ1) is 8.79. The van der Waals surface area contributed by atoms with E-state index in [1.165, 1.54) is 0 Å². The molecular formula is C14H37NO2Si3. The summed E-state index contributed by atoms with van der Waals surface area (Å²) in [4.78, 5) is 0. The van der Waals surface area contributed by atoms with Crippen molar-refractivity contribution >= 4 is 24.7 Å². The van der Waals surface area contributed by atoms with Gasteiger partial charge < -0.3 is 14.6 Å². The highest BCUT2D eigenvalue weighted by Gasteiger charge is 2.49. The monoisotopic (exact) mass is 335 g/mol. The van der Waals surface area contributed by atoms with Crippen LogP contribution in [0.3, 0.4) is 0 Å². The molecule has 2 N–H and O–H groups in total. The van der Waals surface area contributed by atoms with Gasteiger partial charge in [0.25, 0.3) is 0 Å². The molecule has 20 heavy (non-hydrogen) atoms. The van der Waals surface area contributed by atoms with E-state index in [0.29, 0.717) is 0 Å². The van der Waals surface area contributed by atoms with Gasteiger partial charge in [0, 0.05) is 14.7 Å². The zero-order valence-corrected chi connectivity index (χ0v) is 18.2. The average molecular weight is 336 g/mol. The van der Waals surface area contributed by atoms with Crippen LogP contribution in [0.5, 0.6) is 0 Å². The first kappa shape index (κ1) is 20.5. The van der Waals surface area contributed by atoms with Gasteiger partial charge in [0.2, 0.25) is 0 Å². The minimum absolute atomic E-state index is 0.456. The second-order valence-corrected chi connectivity index (χ2v) is 22.4. The molecule has 0 saturated heterocycles. The van der Waals surface area contributed by atoms with Gasteiger partial charge in [-0.15, -0.1) is 0 Å². The van der Waals surface area contributed by atoms with Crippen LogP contribution in [0.25, 0.3) is 0 Å². The van der Waals surface area contributed by atoms with E-state index >= 15 is 0 Å². The Morgan fingerprint density at radius 1 is 0.950 bits per heavy atom. The van der Waals surface area contributed by atoms with E-state index in [2.05, 4.69) is 59.7 Å². The molecule has 0 aromatic heterocycles. The predicted octanol–water partition coefficient (Wildman–Crippen LogP) is 4.39. The quantitative estimate of drug-likeness (QED) is 0.502. The van der Waals surface area contributed by atoms with Crippen LogP contribution >= 0.6 is 0 Å². The summed E-state index contributed by atoms with van der Waals surface area (Å²) in [7, 11) is -5.10. The molecule has 0 radical (unpaired) electrons. The van der Waals surface area contributed by atoms with Crippen molar-refractivity contribution in [3.05, 3.63) is 0 Å². The van der Waals surface area contributed by atoms with Crippen molar-refractivity contribution in [3.63, 3.8) is 0 Å². The Kier molecular flexibility index (Phi) is 7.39. The molecule has 0 aromatic carbocycles. The molecule has 0 heterocycles. The molecule has 3 nitrogen and oxygen atoms in total. The Balaban J connectivity index is 5.34. The summed E-state index contributed by atoms with van der Waals surface area (Å²) in [5.74, 6) is 0. The summed E-state index contributed by atoms with van der Waals surface area (Å²) in [6.45, 7) is 21.2. The second-order valence-electron chi connectivity index (χ2n) is 8.30. The molecule has 0 aliphatic rings. The van der Waals surface area contributed by atoms with E-state index in [9.17, 15) is 0 Å². The molecule has 2 atom stereocenters. The lowest BCUT2D eigenvalue weighted by atomic mass is 10.6. The minimum Gasteiger partial charge on any atom is -0.395 e. The Morgan fingerprint density at radius 2 is 1.45 bits per heavy atom. The highest BCUT2D eigenvalue weighted by molar-refractivity contribution is 6.84. The molecule has 0 aliphatic carbocycles. The normalized spacial score (nSPS) is 19.5. The molecule has 0 aromatic rings. The van der Waals surface area contributed by atoms with Crippen LogP contribution in [0.4, 0.5) is 0 Å². The number of hydrogen-bond donors (Lipinski definition) is 1. The van der Waals surface area contributed by atoms with Crippen molar-refractivity contribution < 1.29 is 8.85 Å². The van der Waals surface area contributed by atoms with Crippen LogP contribution in [-0.4, -0.2) is 36.7 Å². The van der Waals surface area contributed by atoms with Crippen molar-refractivity contribution in [1.29, 1.82) is 0 Å². The van der Waals surface area contributed by atoms with Gasteiger partial charge in [0.15, 0.2) is 0 Å². The lowest BCUT2D eigenvalue weighted by molar-refractivity contribution is 0.0961. The van der Waals surface area contributed by atoms with Crippen molar-refractivity contribution in [2.24, 2.45) is 5.73 Å². The first-order valence-corrected chi connectivity index (χ1v) is 17.6. The van der Waals surface area contributed by atoms with Crippen LogP contribution in [0.2, 0.25) is 57.9 Å². The summed E-state index contributed by atoms with van der Waals surface area (Å²) < 4.78 is 12.7. The molecular weight excluding hydrogens is 298 g/mol. The summed E-state index contributed by atoms with van der Waals surface area (Å²) in [5.41, 5.74) is 6.84. The van der Waals surface area contributed by atoms with Crippen molar-refractivity contribution in [1.82, 2.24) is 0 Å². The van der Waals surface area contributed by atoms with E-state index < -0.39 is 30.1 Å². The van der Waals surface area contributed by atoms with E-state index in [-0.39, 0.29) is 0 Å². The molecule has 0 spiro atoms. The summed E-state index contributed by atoms with van der Waals surface area (Å²) >= 11 is 0. The zero-order valence-electron chi connectivity index (χ0n) is 15.2. The Labute approximate surface area is 129 Å². The summed E-state index contributed by atoms with van der Waals surface area (Å²) in [6, 6.07) is 2.05. The molecule has 0 aliphatic heterocycles. The predicted molar refractivity (Wildman–Crippen MR) is 97.8 cm³/mol. The topological polar surface area (TPSA) is 44.5 Å². The largest absolute Gasteiger partial charge is 0.395 e. The third-order valence-corrected chi connectivity index (χ3v) is 11.7. The van der Waals surface area contributed by atoms with E-state index in [1.807, 2.05) is 0 Å². The lowest BCUT2D eigenvalue weighted by Gasteiger charge is -2.48. The molecule has 0 saturated carbocycles. The summed E-state index contributed by atoms with van der Waals surface area (Å²) in [5, 5.41) is -0.456. The van der Waals surface area contributed by atoms with Crippen LogP contribution in [0, 0.1) is 0 Å². The van der Waals surface area contributed by atoms with Gasteiger partial charge in [-0.25, -0.2) is 0 Å². The Morgan fingerprint density at radius 3 is 1.75 bits per heavy atom. The summed E-state index contributed by atoms with van der Waals surface area (Å²) in [6.07, 6.45) is 1.09. The molecule has 0 bridgehead atoms. The van der Waals surface area contributed by atoms with Gasteiger partial charge in [-0.05, 0) is 25.6 Å². The van der Waals surface area contributed by atoms with Crippen LogP contribution in [0.1, 0.15) is 20.3 Å². The lowest BCUT2D eigenvalue weighted by Crippen LogP contribution is -2.67.